The van der Waals surface area contributed by atoms with E-state index in [1.54, 1.807) is 0 Å². The molecule has 0 radical (unpaired) electrons. The first kappa shape index (κ1) is 31.9. The van der Waals surface area contributed by atoms with Crippen molar-refractivity contribution in [2.24, 2.45) is 11.8 Å². The van der Waals surface area contributed by atoms with Gasteiger partial charge in [-0.05, 0) is 142 Å². The molecule has 2 aromatic rings. The molecule has 1 aliphatic carbocycles. The Labute approximate surface area is 243 Å². The Kier molecular flexibility index (Phi) is 10.3. The molecule has 4 heteroatoms. The summed E-state index contributed by atoms with van der Waals surface area (Å²) in [4.78, 5) is 25.9. The molecule has 1 saturated carbocycles. The van der Waals surface area contributed by atoms with E-state index in [1.807, 2.05) is 34.6 Å². The van der Waals surface area contributed by atoms with Gasteiger partial charge in [-0.1, -0.05) is 46.8 Å². The molecule has 0 unspecified atom stereocenters. The summed E-state index contributed by atoms with van der Waals surface area (Å²) in [6.45, 7) is 21.5. The molecule has 2 aromatic carbocycles. The largest absolute Gasteiger partial charge is 0.459 e. The van der Waals surface area contributed by atoms with Gasteiger partial charge in [0, 0.05) is 0 Å². The fourth-order valence-electron chi connectivity index (χ4n) is 6.43. The van der Waals surface area contributed by atoms with Crippen LogP contribution in [0.25, 0.3) is 11.1 Å². The van der Waals surface area contributed by atoms with Gasteiger partial charge >= 0.3 is 11.9 Å². The van der Waals surface area contributed by atoms with Gasteiger partial charge in [0.25, 0.3) is 0 Å². The standard InChI is InChI=1S/C36H52O4/c1-11-35(9,12-2)31-23(5)19-29(20-24(31)6)30-21-25(7)32(26(8)22-30)39-33(37)27-15-17-28(18-16-27)34(38)40-36(10,13-3)14-4/h19-22,27-28H,11-18H2,1-10H3. The Hall–Kier alpha value is -2.62. The third kappa shape index (κ3) is 6.81. The molecule has 4 nitrogen and oxygen atoms in total. The molecule has 0 aromatic heterocycles. The molecular weight excluding hydrogens is 496 g/mol. The number of carbonyl (C=O) groups is 2. The van der Waals surface area contributed by atoms with Crippen LogP contribution in [-0.4, -0.2) is 17.5 Å². The summed E-state index contributed by atoms with van der Waals surface area (Å²) in [6, 6.07) is 8.87. The number of benzene rings is 2. The Morgan fingerprint density at radius 2 is 1.07 bits per heavy atom. The molecule has 220 valence electrons. The minimum atomic E-state index is -0.404. The van der Waals surface area contributed by atoms with Crippen molar-refractivity contribution in [2.45, 2.75) is 132 Å². The van der Waals surface area contributed by atoms with E-state index >= 15 is 0 Å². The first-order valence-corrected chi connectivity index (χ1v) is 15.5. The predicted octanol–water partition coefficient (Wildman–Crippen LogP) is 9.50. The van der Waals surface area contributed by atoms with Gasteiger partial charge in [-0.2, -0.15) is 0 Å². The van der Waals surface area contributed by atoms with E-state index < -0.39 is 5.60 Å². The molecule has 40 heavy (non-hydrogen) atoms. The normalized spacial score (nSPS) is 17.9. The topological polar surface area (TPSA) is 52.6 Å². The summed E-state index contributed by atoms with van der Waals surface area (Å²) in [6.07, 6.45) is 6.49. The third-order valence-corrected chi connectivity index (χ3v) is 9.93. The summed E-state index contributed by atoms with van der Waals surface area (Å²) in [7, 11) is 0. The second kappa shape index (κ2) is 12.9. The smallest absolute Gasteiger partial charge is 0.314 e. The molecule has 1 aliphatic rings. The van der Waals surface area contributed by atoms with Crippen LogP contribution in [0.5, 0.6) is 5.75 Å². The number of aryl methyl sites for hydroxylation is 4. The third-order valence-electron chi connectivity index (χ3n) is 9.93. The van der Waals surface area contributed by atoms with Crippen LogP contribution in [-0.2, 0) is 19.7 Å². The van der Waals surface area contributed by atoms with Crippen LogP contribution in [0.1, 0.15) is 121 Å². The zero-order valence-electron chi connectivity index (χ0n) is 26.8. The molecule has 0 aliphatic heterocycles. The first-order chi connectivity index (χ1) is 18.8. The van der Waals surface area contributed by atoms with E-state index in [-0.39, 0.29) is 29.2 Å². The SMILES string of the molecule is CCC(C)(CC)OC(=O)C1CCC(C(=O)Oc2c(C)cc(-c3cc(C)c(C(C)(CC)CC)c(C)c3)cc2C)CC1. The molecule has 0 bridgehead atoms. The number of hydrogen-bond donors (Lipinski definition) is 0. The van der Waals surface area contributed by atoms with Crippen molar-refractivity contribution in [1.29, 1.82) is 0 Å². The fraction of sp³-hybridized carbons (Fsp3) is 0.611. The molecule has 0 saturated heterocycles. The van der Waals surface area contributed by atoms with E-state index in [4.69, 9.17) is 9.47 Å². The van der Waals surface area contributed by atoms with Gasteiger partial charge in [0.2, 0.25) is 0 Å². The summed E-state index contributed by atoms with van der Waals surface area (Å²) in [5.74, 6) is 0.0390. The lowest BCUT2D eigenvalue weighted by Crippen LogP contribution is -2.35. The second-order valence-corrected chi connectivity index (χ2v) is 12.7. The van der Waals surface area contributed by atoms with Gasteiger partial charge in [-0.25, -0.2) is 0 Å². The quantitative estimate of drug-likeness (QED) is 0.219. The van der Waals surface area contributed by atoms with Crippen LogP contribution in [0.2, 0.25) is 0 Å². The number of esters is 2. The van der Waals surface area contributed by atoms with E-state index in [9.17, 15) is 9.59 Å². The molecule has 1 fully saturated rings. The average molecular weight is 549 g/mol. The first-order valence-electron chi connectivity index (χ1n) is 15.5. The Morgan fingerprint density at radius 3 is 1.48 bits per heavy atom. The molecule has 0 heterocycles. The Morgan fingerprint density at radius 1 is 0.675 bits per heavy atom. The van der Waals surface area contributed by atoms with Crippen molar-refractivity contribution in [1.82, 2.24) is 0 Å². The maximum absolute atomic E-state index is 13.2. The van der Waals surface area contributed by atoms with E-state index in [1.165, 1.54) is 22.3 Å². The average Bonchev–Trinajstić information content (AvgIpc) is 2.94. The lowest BCUT2D eigenvalue weighted by atomic mass is 9.73. The molecule has 3 rings (SSSR count). The van der Waals surface area contributed by atoms with Crippen LogP contribution in [0, 0.1) is 39.5 Å². The zero-order chi connectivity index (χ0) is 29.8. The molecule has 0 N–H and O–H groups in total. The van der Waals surface area contributed by atoms with E-state index in [0.717, 1.165) is 42.4 Å². The lowest BCUT2D eigenvalue weighted by Gasteiger charge is -2.32. The van der Waals surface area contributed by atoms with Crippen LogP contribution >= 0.6 is 0 Å². The predicted molar refractivity (Wildman–Crippen MR) is 165 cm³/mol. The van der Waals surface area contributed by atoms with Gasteiger partial charge in [0.1, 0.15) is 11.4 Å². The highest BCUT2D eigenvalue weighted by molar-refractivity contribution is 5.78. The summed E-state index contributed by atoms with van der Waals surface area (Å²) >= 11 is 0. The van der Waals surface area contributed by atoms with Gasteiger partial charge < -0.3 is 9.47 Å². The fourth-order valence-corrected chi connectivity index (χ4v) is 6.43. The minimum absolute atomic E-state index is 0.118. The number of carbonyl (C=O) groups excluding carboxylic acids is 2. The van der Waals surface area contributed by atoms with Crippen LogP contribution in [0.3, 0.4) is 0 Å². The van der Waals surface area contributed by atoms with Gasteiger partial charge in [-0.3, -0.25) is 9.59 Å². The highest BCUT2D eigenvalue weighted by atomic mass is 16.6. The van der Waals surface area contributed by atoms with Crippen LogP contribution in [0.15, 0.2) is 24.3 Å². The monoisotopic (exact) mass is 548 g/mol. The molecule has 0 atom stereocenters. The summed E-state index contributed by atoms with van der Waals surface area (Å²) < 4.78 is 11.8. The van der Waals surface area contributed by atoms with Crippen molar-refractivity contribution in [3.8, 4) is 16.9 Å². The summed E-state index contributed by atoms with van der Waals surface area (Å²) in [5.41, 5.74) is 8.18. The highest BCUT2D eigenvalue weighted by Gasteiger charge is 2.35. The summed E-state index contributed by atoms with van der Waals surface area (Å²) in [5, 5.41) is 0. The van der Waals surface area contributed by atoms with Crippen LogP contribution in [0.4, 0.5) is 0 Å². The van der Waals surface area contributed by atoms with Crippen molar-refractivity contribution in [3.05, 3.63) is 52.1 Å². The van der Waals surface area contributed by atoms with Crippen molar-refractivity contribution in [3.63, 3.8) is 0 Å². The number of ether oxygens (including phenoxy) is 2. The Balaban J connectivity index is 1.71. The maximum atomic E-state index is 13.2. The molecule has 0 amide bonds. The minimum Gasteiger partial charge on any atom is -0.459 e. The van der Waals surface area contributed by atoms with Crippen molar-refractivity contribution >= 4 is 11.9 Å². The number of rotatable bonds is 10. The van der Waals surface area contributed by atoms with E-state index in [0.29, 0.717) is 31.4 Å². The zero-order valence-corrected chi connectivity index (χ0v) is 26.8. The maximum Gasteiger partial charge on any atom is 0.314 e. The van der Waals surface area contributed by atoms with E-state index in [2.05, 4.69) is 58.9 Å². The number of hydrogen-bond acceptors (Lipinski definition) is 4. The Bertz CT molecular complexity index is 1160. The van der Waals surface area contributed by atoms with Gasteiger partial charge in [0.05, 0.1) is 11.8 Å². The van der Waals surface area contributed by atoms with Crippen LogP contribution < -0.4 is 4.74 Å². The molecular formula is C36H52O4. The highest BCUT2D eigenvalue weighted by Crippen LogP contribution is 2.39. The van der Waals surface area contributed by atoms with Gasteiger partial charge in [-0.15, -0.1) is 0 Å². The van der Waals surface area contributed by atoms with Crippen molar-refractivity contribution < 1.29 is 19.1 Å². The van der Waals surface area contributed by atoms with Crippen molar-refractivity contribution in [2.75, 3.05) is 0 Å². The second-order valence-electron chi connectivity index (χ2n) is 12.7. The van der Waals surface area contributed by atoms with Gasteiger partial charge in [0.15, 0.2) is 0 Å². The molecule has 0 spiro atoms. The lowest BCUT2D eigenvalue weighted by molar-refractivity contribution is -0.166.